The number of nitrogens with two attached hydrogens (primary N) is 1. The van der Waals surface area contributed by atoms with E-state index < -0.39 is 30.0 Å². The minimum Gasteiger partial charge on any atom is -0.459 e. The normalized spacial score (nSPS) is 25.2. The van der Waals surface area contributed by atoms with Gasteiger partial charge in [0.1, 0.15) is 30.7 Å². The first-order valence-electron chi connectivity index (χ1n) is 11.2. The van der Waals surface area contributed by atoms with Crippen molar-refractivity contribution < 1.29 is 23.7 Å². The number of carbonyl (C=O) groups is 1. The minimum absolute atomic E-state index is 0.0308. The summed E-state index contributed by atoms with van der Waals surface area (Å²) < 4.78 is 26.5. The lowest BCUT2D eigenvalue weighted by atomic mass is 10.00. The van der Waals surface area contributed by atoms with Gasteiger partial charge in [-0.25, -0.2) is 19.7 Å². The van der Waals surface area contributed by atoms with E-state index in [1.807, 2.05) is 36.4 Å². The van der Waals surface area contributed by atoms with Gasteiger partial charge in [0, 0.05) is 0 Å². The van der Waals surface area contributed by atoms with Gasteiger partial charge in [0.25, 0.3) is 0 Å². The van der Waals surface area contributed by atoms with Crippen LogP contribution in [0.1, 0.15) is 22.1 Å². The fourth-order valence-electron chi connectivity index (χ4n) is 4.63. The van der Waals surface area contributed by atoms with Crippen molar-refractivity contribution in [2.24, 2.45) is 0 Å². The number of carbonyl (C=O) groups excluding carboxylic acids is 1. The number of rotatable bonds is 7. The Bertz CT molecular complexity index is 1350. The number of imidazole rings is 1. The Morgan fingerprint density at radius 1 is 1.09 bits per heavy atom. The Balaban J connectivity index is 1.29. The summed E-state index contributed by atoms with van der Waals surface area (Å²) >= 11 is 0. The topological polar surface area (TPSA) is 124 Å². The van der Waals surface area contributed by atoms with Crippen molar-refractivity contribution in [3.8, 4) is 0 Å². The second kappa shape index (κ2) is 8.73. The molecule has 2 N–H and O–H groups in total. The third kappa shape index (κ3) is 3.81. The number of hydrogen-bond donors (Lipinski definition) is 1. The van der Waals surface area contributed by atoms with Crippen LogP contribution in [0.3, 0.4) is 0 Å². The molecule has 178 valence electrons. The fraction of sp³-hybridized carbons (Fsp3) is 0.280. The number of aromatic nitrogens is 4. The molecule has 2 aromatic heterocycles. The van der Waals surface area contributed by atoms with Crippen LogP contribution in [-0.4, -0.2) is 56.5 Å². The van der Waals surface area contributed by atoms with Gasteiger partial charge in [-0.05, 0) is 17.7 Å². The van der Waals surface area contributed by atoms with Crippen LogP contribution < -0.4 is 5.73 Å². The van der Waals surface area contributed by atoms with E-state index in [4.69, 9.17) is 24.7 Å². The molecule has 10 nitrogen and oxygen atoms in total. The molecule has 0 saturated carbocycles. The average molecular weight is 473 g/mol. The SMILES string of the molecule is Nc1ncnc2c1ncn2[C@@H]1O[C@]2(COC(=O)c3ccccc3)CO[C@@H]1[C@@H]2OCc1ccccc1. The van der Waals surface area contributed by atoms with E-state index in [1.165, 1.54) is 6.33 Å². The smallest absolute Gasteiger partial charge is 0.338 e. The molecule has 4 heterocycles. The summed E-state index contributed by atoms with van der Waals surface area (Å²) in [4.78, 5) is 25.4. The van der Waals surface area contributed by atoms with Gasteiger partial charge in [0.15, 0.2) is 23.3 Å². The maximum absolute atomic E-state index is 12.7. The standard InChI is InChI=1S/C25H23N5O5/c26-21-18-22(28-14-27-21)30(15-29-18)23-19-20(32-11-16-7-3-1-4-8-16)25(35-23,12-33-19)13-34-24(31)17-9-5-2-6-10-17/h1-10,14-15,19-20,23H,11-13H2,(H2,26,27,28)/t19-,20+,23-,25+/m1/s1. The molecular formula is C25H23N5O5. The summed E-state index contributed by atoms with van der Waals surface area (Å²) in [7, 11) is 0. The molecule has 4 atom stereocenters. The summed E-state index contributed by atoms with van der Waals surface area (Å²) in [5.41, 5.74) is 7.45. The van der Waals surface area contributed by atoms with Crippen molar-refractivity contribution >= 4 is 23.0 Å². The number of anilines is 1. The lowest BCUT2D eigenvalue weighted by molar-refractivity contribution is -0.187. The molecule has 2 saturated heterocycles. The molecule has 0 aliphatic carbocycles. The third-order valence-electron chi connectivity index (χ3n) is 6.36. The lowest BCUT2D eigenvalue weighted by Gasteiger charge is -2.31. The second-order valence-electron chi connectivity index (χ2n) is 8.59. The number of fused-ring (bicyclic) bond motifs is 3. The van der Waals surface area contributed by atoms with Crippen LogP contribution in [-0.2, 0) is 25.6 Å². The molecule has 10 heteroatoms. The highest BCUT2D eigenvalue weighted by molar-refractivity contribution is 5.89. The van der Waals surface area contributed by atoms with E-state index in [1.54, 1.807) is 35.2 Å². The Kier molecular flexibility index (Phi) is 5.40. The monoisotopic (exact) mass is 473 g/mol. The molecule has 35 heavy (non-hydrogen) atoms. The van der Waals surface area contributed by atoms with E-state index in [9.17, 15) is 4.79 Å². The number of ether oxygens (including phenoxy) is 4. The molecule has 2 aromatic carbocycles. The Morgan fingerprint density at radius 3 is 2.66 bits per heavy atom. The zero-order valence-electron chi connectivity index (χ0n) is 18.7. The average Bonchev–Trinajstić information content (AvgIpc) is 3.57. The highest BCUT2D eigenvalue weighted by Gasteiger charge is 2.64. The van der Waals surface area contributed by atoms with Crippen LogP contribution in [0, 0.1) is 0 Å². The molecule has 0 radical (unpaired) electrons. The lowest BCUT2D eigenvalue weighted by Crippen LogP contribution is -2.46. The van der Waals surface area contributed by atoms with E-state index >= 15 is 0 Å². The summed E-state index contributed by atoms with van der Waals surface area (Å²) in [6.07, 6.45) is 1.42. The number of hydrogen-bond acceptors (Lipinski definition) is 9. The van der Waals surface area contributed by atoms with Gasteiger partial charge in [-0.3, -0.25) is 4.57 Å². The number of benzene rings is 2. The molecule has 2 aliphatic rings. The molecule has 4 aromatic rings. The van der Waals surface area contributed by atoms with Gasteiger partial charge in [0.05, 0.1) is 25.1 Å². The molecule has 2 aliphatic heterocycles. The first kappa shape index (κ1) is 21.7. The quantitative estimate of drug-likeness (QED) is 0.403. The maximum Gasteiger partial charge on any atom is 0.338 e. The van der Waals surface area contributed by atoms with Gasteiger partial charge in [-0.2, -0.15) is 0 Å². The highest BCUT2D eigenvalue weighted by Crippen LogP contribution is 2.47. The zero-order chi connectivity index (χ0) is 23.8. The largest absolute Gasteiger partial charge is 0.459 e. The van der Waals surface area contributed by atoms with E-state index in [0.29, 0.717) is 23.3 Å². The number of esters is 1. The predicted octanol–water partition coefficient (Wildman–Crippen LogP) is 2.52. The van der Waals surface area contributed by atoms with Gasteiger partial charge in [-0.1, -0.05) is 48.5 Å². The molecule has 0 unspecified atom stereocenters. The molecule has 0 amide bonds. The summed E-state index contributed by atoms with van der Waals surface area (Å²) in [5, 5.41) is 0. The van der Waals surface area contributed by atoms with E-state index in [2.05, 4.69) is 15.0 Å². The van der Waals surface area contributed by atoms with Crippen LogP contribution in [0.25, 0.3) is 11.2 Å². The first-order valence-corrected chi connectivity index (χ1v) is 11.2. The molecule has 0 spiro atoms. The number of nitrogen functional groups attached to an aromatic ring is 1. The highest BCUT2D eigenvalue weighted by atomic mass is 16.7. The van der Waals surface area contributed by atoms with Crippen molar-refractivity contribution in [1.82, 2.24) is 19.5 Å². The van der Waals surface area contributed by atoms with Gasteiger partial charge < -0.3 is 24.7 Å². The molecule has 2 bridgehead atoms. The Hall–Kier alpha value is -3.86. The van der Waals surface area contributed by atoms with Gasteiger partial charge in [-0.15, -0.1) is 0 Å². The third-order valence-corrected chi connectivity index (χ3v) is 6.36. The van der Waals surface area contributed by atoms with Crippen molar-refractivity contribution in [2.45, 2.75) is 30.6 Å². The second-order valence-corrected chi connectivity index (χ2v) is 8.59. The van der Waals surface area contributed by atoms with Crippen molar-refractivity contribution in [3.05, 3.63) is 84.4 Å². The first-order chi connectivity index (χ1) is 17.1. The van der Waals surface area contributed by atoms with Crippen LogP contribution >= 0.6 is 0 Å². The van der Waals surface area contributed by atoms with Crippen LogP contribution in [0.2, 0.25) is 0 Å². The van der Waals surface area contributed by atoms with Crippen molar-refractivity contribution in [2.75, 3.05) is 18.9 Å². The zero-order valence-corrected chi connectivity index (χ0v) is 18.7. The minimum atomic E-state index is -0.996. The number of nitrogens with zero attached hydrogens (tertiary/aromatic N) is 4. The van der Waals surface area contributed by atoms with E-state index in [0.717, 1.165) is 5.56 Å². The van der Waals surface area contributed by atoms with Crippen molar-refractivity contribution in [3.63, 3.8) is 0 Å². The molecule has 6 rings (SSSR count). The van der Waals surface area contributed by atoms with Crippen molar-refractivity contribution in [1.29, 1.82) is 0 Å². The van der Waals surface area contributed by atoms with Crippen LogP contribution in [0.5, 0.6) is 0 Å². The van der Waals surface area contributed by atoms with Gasteiger partial charge >= 0.3 is 5.97 Å². The maximum atomic E-state index is 12.7. The summed E-state index contributed by atoms with van der Waals surface area (Å²) in [6, 6.07) is 18.7. The van der Waals surface area contributed by atoms with Crippen LogP contribution in [0.15, 0.2) is 73.3 Å². The predicted molar refractivity (Wildman–Crippen MR) is 124 cm³/mol. The Labute approximate surface area is 200 Å². The summed E-state index contributed by atoms with van der Waals surface area (Å²) in [5.74, 6) is -0.160. The van der Waals surface area contributed by atoms with Gasteiger partial charge in [0.2, 0.25) is 0 Å². The summed E-state index contributed by atoms with van der Waals surface area (Å²) in [6.45, 7) is 0.548. The molecule has 2 fully saturated rings. The van der Waals surface area contributed by atoms with E-state index in [-0.39, 0.29) is 19.0 Å². The Morgan fingerprint density at radius 2 is 1.86 bits per heavy atom. The fourth-order valence-corrected chi connectivity index (χ4v) is 4.63. The molecular weight excluding hydrogens is 450 g/mol. The van der Waals surface area contributed by atoms with Crippen LogP contribution in [0.4, 0.5) is 5.82 Å².